The van der Waals surface area contributed by atoms with E-state index in [4.69, 9.17) is 4.74 Å². The number of ether oxygens (including phenoxy) is 2. The summed E-state index contributed by atoms with van der Waals surface area (Å²) in [6.07, 6.45) is 1.83. The van der Waals surface area contributed by atoms with E-state index in [-0.39, 0.29) is 24.0 Å². The zero-order valence-electron chi connectivity index (χ0n) is 11.2. The van der Waals surface area contributed by atoms with Gasteiger partial charge in [0.1, 0.15) is 6.10 Å². The summed E-state index contributed by atoms with van der Waals surface area (Å²) in [5, 5.41) is 0. The SMILES string of the molecule is COC(=O)CC1CC(OC(=O)c2ccc(C)cc2)C1. The first-order valence-electron chi connectivity index (χ1n) is 6.43. The third-order valence-electron chi connectivity index (χ3n) is 3.44. The summed E-state index contributed by atoms with van der Waals surface area (Å²) in [6.45, 7) is 1.97. The first-order valence-corrected chi connectivity index (χ1v) is 6.43. The van der Waals surface area contributed by atoms with E-state index < -0.39 is 0 Å². The molecule has 1 aliphatic carbocycles. The molecule has 19 heavy (non-hydrogen) atoms. The maximum absolute atomic E-state index is 11.8. The molecule has 4 nitrogen and oxygen atoms in total. The number of esters is 2. The summed E-state index contributed by atoms with van der Waals surface area (Å²) in [4.78, 5) is 22.9. The van der Waals surface area contributed by atoms with Crippen molar-refractivity contribution in [3.05, 3.63) is 35.4 Å². The second-order valence-corrected chi connectivity index (χ2v) is 5.01. The highest BCUT2D eigenvalue weighted by Gasteiger charge is 2.33. The van der Waals surface area contributed by atoms with E-state index in [0.29, 0.717) is 12.0 Å². The Balaban J connectivity index is 1.76. The van der Waals surface area contributed by atoms with Crippen molar-refractivity contribution in [2.75, 3.05) is 7.11 Å². The maximum Gasteiger partial charge on any atom is 0.338 e. The molecule has 0 bridgehead atoms. The highest BCUT2D eigenvalue weighted by atomic mass is 16.5. The number of methoxy groups -OCH3 is 1. The molecule has 0 aliphatic heterocycles. The van der Waals surface area contributed by atoms with Gasteiger partial charge in [-0.15, -0.1) is 0 Å². The fourth-order valence-corrected chi connectivity index (χ4v) is 2.17. The van der Waals surface area contributed by atoms with Gasteiger partial charge >= 0.3 is 11.9 Å². The Hall–Kier alpha value is -1.84. The van der Waals surface area contributed by atoms with E-state index in [9.17, 15) is 9.59 Å². The van der Waals surface area contributed by atoms with Crippen LogP contribution in [0.1, 0.15) is 35.2 Å². The van der Waals surface area contributed by atoms with Crippen LogP contribution in [-0.2, 0) is 14.3 Å². The smallest absolute Gasteiger partial charge is 0.338 e. The van der Waals surface area contributed by atoms with Gasteiger partial charge in [0.2, 0.25) is 0 Å². The lowest BCUT2D eigenvalue weighted by Gasteiger charge is -2.33. The second kappa shape index (κ2) is 5.87. The van der Waals surface area contributed by atoms with E-state index in [0.717, 1.165) is 18.4 Å². The number of aryl methyl sites for hydroxylation is 1. The number of carbonyl (C=O) groups excluding carboxylic acids is 2. The first kappa shape index (κ1) is 13.6. The van der Waals surface area contributed by atoms with Crippen molar-refractivity contribution in [2.24, 2.45) is 5.92 Å². The Morgan fingerprint density at radius 1 is 1.21 bits per heavy atom. The minimum Gasteiger partial charge on any atom is -0.469 e. The molecular weight excluding hydrogens is 244 g/mol. The molecule has 0 aromatic heterocycles. The molecule has 1 aromatic carbocycles. The number of rotatable bonds is 4. The Bertz CT molecular complexity index is 458. The number of benzene rings is 1. The van der Waals surface area contributed by atoms with Gasteiger partial charge in [-0.3, -0.25) is 4.79 Å². The van der Waals surface area contributed by atoms with Gasteiger partial charge in [0, 0.05) is 6.42 Å². The molecule has 0 saturated heterocycles. The van der Waals surface area contributed by atoms with Crippen molar-refractivity contribution in [1.29, 1.82) is 0 Å². The fourth-order valence-electron chi connectivity index (χ4n) is 2.17. The molecule has 2 rings (SSSR count). The highest BCUT2D eigenvalue weighted by Crippen LogP contribution is 2.33. The summed E-state index contributed by atoms with van der Waals surface area (Å²) < 4.78 is 9.97. The predicted molar refractivity (Wildman–Crippen MR) is 69.7 cm³/mol. The van der Waals surface area contributed by atoms with Gasteiger partial charge in [-0.1, -0.05) is 17.7 Å². The minimum absolute atomic E-state index is 0.0662. The molecule has 0 N–H and O–H groups in total. The lowest BCUT2D eigenvalue weighted by atomic mass is 9.80. The van der Waals surface area contributed by atoms with E-state index in [1.165, 1.54) is 7.11 Å². The fraction of sp³-hybridized carbons (Fsp3) is 0.467. The van der Waals surface area contributed by atoms with Crippen LogP contribution in [0.25, 0.3) is 0 Å². The van der Waals surface area contributed by atoms with Crippen LogP contribution < -0.4 is 0 Å². The summed E-state index contributed by atoms with van der Waals surface area (Å²) in [7, 11) is 1.38. The number of hydrogen-bond acceptors (Lipinski definition) is 4. The quantitative estimate of drug-likeness (QED) is 0.782. The first-order chi connectivity index (χ1) is 9.08. The molecule has 0 amide bonds. The Morgan fingerprint density at radius 3 is 2.42 bits per heavy atom. The molecular formula is C15H18O4. The predicted octanol–water partition coefficient (Wildman–Crippen LogP) is 2.49. The molecule has 1 aromatic rings. The van der Waals surface area contributed by atoms with Crippen LogP contribution in [0.15, 0.2) is 24.3 Å². The van der Waals surface area contributed by atoms with Gasteiger partial charge in [-0.05, 0) is 37.8 Å². The summed E-state index contributed by atoms with van der Waals surface area (Å²) >= 11 is 0. The van der Waals surface area contributed by atoms with Crippen LogP contribution in [-0.4, -0.2) is 25.2 Å². The van der Waals surface area contributed by atoms with Gasteiger partial charge in [-0.25, -0.2) is 4.79 Å². The number of carbonyl (C=O) groups is 2. The van der Waals surface area contributed by atoms with Crippen molar-refractivity contribution in [2.45, 2.75) is 32.3 Å². The van der Waals surface area contributed by atoms with Crippen molar-refractivity contribution < 1.29 is 19.1 Å². The van der Waals surface area contributed by atoms with Crippen LogP contribution in [0.5, 0.6) is 0 Å². The third-order valence-corrected chi connectivity index (χ3v) is 3.44. The molecule has 1 aliphatic rings. The van der Waals surface area contributed by atoms with Crippen LogP contribution >= 0.6 is 0 Å². The van der Waals surface area contributed by atoms with Crippen molar-refractivity contribution in [3.8, 4) is 0 Å². The van der Waals surface area contributed by atoms with E-state index in [1.54, 1.807) is 12.1 Å². The van der Waals surface area contributed by atoms with Gasteiger partial charge in [0.15, 0.2) is 0 Å². The third kappa shape index (κ3) is 3.56. The average molecular weight is 262 g/mol. The van der Waals surface area contributed by atoms with Crippen molar-refractivity contribution in [3.63, 3.8) is 0 Å². The zero-order chi connectivity index (χ0) is 13.8. The topological polar surface area (TPSA) is 52.6 Å². The lowest BCUT2D eigenvalue weighted by molar-refractivity contribution is -0.143. The number of hydrogen-bond donors (Lipinski definition) is 0. The molecule has 0 unspecified atom stereocenters. The molecule has 0 atom stereocenters. The Kier molecular flexibility index (Phi) is 4.20. The van der Waals surface area contributed by atoms with Gasteiger partial charge < -0.3 is 9.47 Å². The summed E-state index contributed by atoms with van der Waals surface area (Å²) in [5.41, 5.74) is 1.68. The summed E-state index contributed by atoms with van der Waals surface area (Å²) in [5.74, 6) is -0.210. The van der Waals surface area contributed by atoms with Crippen LogP contribution in [0.4, 0.5) is 0 Å². The van der Waals surface area contributed by atoms with Gasteiger partial charge in [-0.2, -0.15) is 0 Å². The molecule has 1 saturated carbocycles. The molecule has 102 valence electrons. The van der Waals surface area contributed by atoms with E-state index >= 15 is 0 Å². The van der Waals surface area contributed by atoms with Gasteiger partial charge in [0.05, 0.1) is 12.7 Å². The summed E-state index contributed by atoms with van der Waals surface area (Å²) in [6, 6.07) is 7.30. The lowest BCUT2D eigenvalue weighted by Crippen LogP contribution is -2.34. The van der Waals surface area contributed by atoms with E-state index in [1.807, 2.05) is 19.1 Å². The average Bonchev–Trinajstić information content (AvgIpc) is 2.36. The maximum atomic E-state index is 11.8. The molecule has 0 radical (unpaired) electrons. The largest absolute Gasteiger partial charge is 0.469 e. The van der Waals surface area contributed by atoms with Crippen molar-refractivity contribution >= 4 is 11.9 Å². The Morgan fingerprint density at radius 2 is 1.84 bits per heavy atom. The van der Waals surface area contributed by atoms with Gasteiger partial charge in [0.25, 0.3) is 0 Å². The van der Waals surface area contributed by atoms with Crippen molar-refractivity contribution in [1.82, 2.24) is 0 Å². The van der Waals surface area contributed by atoms with Crippen LogP contribution in [0.3, 0.4) is 0 Å². The minimum atomic E-state index is -0.290. The molecule has 0 heterocycles. The molecule has 4 heteroatoms. The zero-order valence-corrected chi connectivity index (χ0v) is 11.2. The monoisotopic (exact) mass is 262 g/mol. The molecule has 0 spiro atoms. The highest BCUT2D eigenvalue weighted by molar-refractivity contribution is 5.89. The normalized spacial score (nSPS) is 21.4. The molecule has 1 fully saturated rings. The van der Waals surface area contributed by atoms with Crippen LogP contribution in [0, 0.1) is 12.8 Å². The second-order valence-electron chi connectivity index (χ2n) is 5.01. The standard InChI is InChI=1S/C15H18O4/c1-10-3-5-12(6-4-10)15(17)19-13-7-11(8-13)9-14(16)18-2/h3-6,11,13H,7-9H2,1-2H3. The van der Waals surface area contributed by atoms with Crippen LogP contribution in [0.2, 0.25) is 0 Å². The van der Waals surface area contributed by atoms with E-state index in [2.05, 4.69) is 4.74 Å². The Labute approximate surface area is 112 Å².